The van der Waals surface area contributed by atoms with Crippen LogP contribution in [0.25, 0.3) is 0 Å². The molecule has 0 aliphatic heterocycles. The molecule has 0 amide bonds. The van der Waals surface area contributed by atoms with Crippen LogP contribution in [0.4, 0.5) is 10.1 Å². The minimum atomic E-state index is -0.324. The highest BCUT2D eigenvalue weighted by Crippen LogP contribution is 2.18. The van der Waals surface area contributed by atoms with E-state index in [1.165, 1.54) is 12.1 Å². The number of rotatable bonds is 7. The van der Waals surface area contributed by atoms with Crippen molar-refractivity contribution in [1.29, 1.82) is 0 Å². The Labute approximate surface area is 133 Å². The van der Waals surface area contributed by atoms with Crippen LogP contribution in [-0.4, -0.2) is 28.0 Å². The number of hydrogen-bond acceptors (Lipinski definition) is 6. The van der Waals surface area contributed by atoms with E-state index in [0.717, 1.165) is 12.8 Å². The fourth-order valence-corrected chi connectivity index (χ4v) is 1.85. The number of nitrogens with one attached hydrogen (secondary N) is 1. The van der Waals surface area contributed by atoms with E-state index in [4.69, 9.17) is 9.37 Å². The minimum Gasteiger partial charge on any atom is -0.375 e. The predicted octanol–water partition coefficient (Wildman–Crippen LogP) is 2.89. The molecule has 7 nitrogen and oxygen atoms in total. The summed E-state index contributed by atoms with van der Waals surface area (Å²) < 4.78 is 23.4. The van der Waals surface area contributed by atoms with Gasteiger partial charge in [0, 0.05) is 6.61 Å². The second-order valence-electron chi connectivity index (χ2n) is 4.97. The largest absolute Gasteiger partial charge is 0.375 e. The van der Waals surface area contributed by atoms with Gasteiger partial charge >= 0.3 is 0 Å². The number of unbranched alkanes of at least 4 members (excludes halogenated alkanes) is 1. The second kappa shape index (κ2) is 8.35. The number of aryl methyl sites for hydroxylation is 1. The van der Waals surface area contributed by atoms with Gasteiger partial charge in [-0.1, -0.05) is 18.5 Å². The molecular formula is C15H19FN4O3. The first-order chi connectivity index (χ1) is 11.2. The molecule has 2 aromatic rings. The second-order valence-corrected chi connectivity index (χ2v) is 4.97. The van der Waals surface area contributed by atoms with E-state index in [-0.39, 0.29) is 24.0 Å². The maximum absolute atomic E-state index is 13.3. The Bertz CT molecular complexity index is 672. The molecule has 0 atom stereocenters. The molecule has 1 heterocycles. The van der Waals surface area contributed by atoms with Crippen LogP contribution in [0.5, 0.6) is 0 Å². The number of hydrogen-bond donors (Lipinski definition) is 2. The molecule has 0 aliphatic rings. The highest BCUT2D eigenvalue weighted by atomic mass is 19.1. The normalized spacial score (nSPS) is 11.7. The number of aromatic nitrogens is 2. The maximum atomic E-state index is 13.3. The lowest BCUT2D eigenvalue weighted by atomic mass is 10.2. The van der Waals surface area contributed by atoms with Crippen LogP contribution in [0.15, 0.2) is 27.8 Å². The number of aliphatic imine (C=N–C) groups is 1. The van der Waals surface area contributed by atoms with E-state index in [2.05, 4.69) is 22.2 Å². The van der Waals surface area contributed by atoms with Gasteiger partial charge in [-0.15, -0.1) is 0 Å². The molecule has 0 fully saturated rings. The molecule has 0 radical (unpaired) electrons. The van der Waals surface area contributed by atoms with Gasteiger partial charge in [0.05, 0.1) is 12.3 Å². The summed E-state index contributed by atoms with van der Waals surface area (Å²) in [7, 11) is 0. The lowest BCUT2D eigenvalue weighted by molar-refractivity contribution is 0.112. The van der Waals surface area contributed by atoms with Crippen LogP contribution >= 0.6 is 0 Å². The monoisotopic (exact) mass is 322 g/mol. The van der Waals surface area contributed by atoms with Gasteiger partial charge in [-0.2, -0.15) is 0 Å². The predicted molar refractivity (Wildman–Crippen MR) is 81.1 cm³/mol. The molecule has 124 valence electrons. The van der Waals surface area contributed by atoms with E-state index in [1.807, 2.05) is 5.48 Å². The van der Waals surface area contributed by atoms with Gasteiger partial charge < -0.3 is 4.74 Å². The number of amidine groups is 1. The third kappa shape index (κ3) is 4.57. The van der Waals surface area contributed by atoms with Crippen LogP contribution in [0.1, 0.15) is 36.7 Å². The van der Waals surface area contributed by atoms with Crippen molar-refractivity contribution in [3.05, 3.63) is 41.0 Å². The molecule has 23 heavy (non-hydrogen) atoms. The van der Waals surface area contributed by atoms with Crippen molar-refractivity contribution >= 4 is 11.5 Å². The highest BCUT2D eigenvalue weighted by molar-refractivity contribution is 5.98. The molecule has 0 aliphatic carbocycles. The Kier molecular flexibility index (Phi) is 6.19. The quantitative estimate of drug-likeness (QED) is 0.352. The molecular weight excluding hydrogens is 303 g/mol. The third-order valence-corrected chi connectivity index (χ3v) is 3.15. The Hall–Kier alpha value is -2.32. The van der Waals surface area contributed by atoms with Gasteiger partial charge in [0.25, 0.3) is 0 Å². The topological polar surface area (TPSA) is 92.8 Å². The first-order valence-electron chi connectivity index (χ1n) is 7.30. The lowest BCUT2D eigenvalue weighted by Gasteiger charge is -2.05. The van der Waals surface area contributed by atoms with E-state index >= 15 is 0 Å². The molecule has 1 aromatic heterocycles. The molecule has 0 bridgehead atoms. The summed E-state index contributed by atoms with van der Waals surface area (Å²) in [5.74, 6) is -0.276. The minimum absolute atomic E-state index is 0.0475. The van der Waals surface area contributed by atoms with Crippen molar-refractivity contribution < 1.29 is 19.0 Å². The van der Waals surface area contributed by atoms with E-state index in [1.54, 1.807) is 13.0 Å². The Balaban J connectivity index is 2.18. The summed E-state index contributed by atoms with van der Waals surface area (Å²) in [5, 5.41) is 16.8. The summed E-state index contributed by atoms with van der Waals surface area (Å²) in [6.07, 6.45) is 1.97. The van der Waals surface area contributed by atoms with Gasteiger partial charge in [-0.05, 0) is 42.3 Å². The van der Waals surface area contributed by atoms with Crippen LogP contribution in [0.3, 0.4) is 0 Å². The zero-order chi connectivity index (χ0) is 16.7. The van der Waals surface area contributed by atoms with Crippen LogP contribution < -0.4 is 5.48 Å². The third-order valence-electron chi connectivity index (χ3n) is 3.15. The first kappa shape index (κ1) is 17.0. The Morgan fingerprint density at radius 3 is 2.96 bits per heavy atom. The van der Waals surface area contributed by atoms with Crippen molar-refractivity contribution in [2.24, 2.45) is 4.99 Å². The van der Waals surface area contributed by atoms with E-state index in [0.29, 0.717) is 23.6 Å². The van der Waals surface area contributed by atoms with Crippen molar-refractivity contribution in [1.82, 2.24) is 15.8 Å². The van der Waals surface area contributed by atoms with Gasteiger partial charge in [0.15, 0.2) is 11.5 Å². The number of hydroxylamine groups is 1. The van der Waals surface area contributed by atoms with Crippen LogP contribution in [0.2, 0.25) is 0 Å². The highest BCUT2D eigenvalue weighted by Gasteiger charge is 2.16. The molecule has 0 saturated heterocycles. The maximum Gasteiger partial charge on any atom is 0.182 e. The summed E-state index contributed by atoms with van der Waals surface area (Å²) in [5.41, 5.74) is 3.53. The van der Waals surface area contributed by atoms with Gasteiger partial charge in [-0.25, -0.2) is 14.0 Å². The average Bonchev–Trinajstić information content (AvgIpc) is 3.01. The molecule has 2 N–H and O–H groups in total. The van der Waals surface area contributed by atoms with E-state index < -0.39 is 0 Å². The van der Waals surface area contributed by atoms with Gasteiger partial charge in [-0.3, -0.25) is 10.7 Å². The number of benzene rings is 1. The average molecular weight is 322 g/mol. The molecule has 2 rings (SSSR count). The zero-order valence-electron chi connectivity index (χ0n) is 13.0. The number of ether oxygens (including phenoxy) is 1. The Morgan fingerprint density at radius 2 is 2.26 bits per heavy atom. The number of nitrogens with zero attached hydrogens (tertiary/aromatic N) is 3. The summed E-state index contributed by atoms with van der Waals surface area (Å²) in [4.78, 5) is 4.20. The van der Waals surface area contributed by atoms with Crippen molar-refractivity contribution in [2.75, 3.05) is 6.61 Å². The van der Waals surface area contributed by atoms with Crippen LogP contribution in [0, 0.1) is 12.7 Å². The summed E-state index contributed by atoms with van der Waals surface area (Å²) in [6.45, 7) is 4.49. The molecule has 0 spiro atoms. The fraction of sp³-hybridized carbons (Fsp3) is 0.400. The SMILES string of the molecule is CCCCOCc1nonc1C(=Nc1ccc(F)c(C)c1)NO. The smallest absolute Gasteiger partial charge is 0.182 e. The molecule has 8 heteroatoms. The van der Waals surface area contributed by atoms with Crippen molar-refractivity contribution in [3.63, 3.8) is 0 Å². The zero-order valence-corrected chi connectivity index (χ0v) is 13.0. The van der Waals surface area contributed by atoms with Crippen LogP contribution in [-0.2, 0) is 11.3 Å². The molecule has 0 unspecified atom stereocenters. The molecule has 0 saturated carbocycles. The first-order valence-corrected chi connectivity index (χ1v) is 7.30. The van der Waals surface area contributed by atoms with Gasteiger partial charge in [0.2, 0.25) is 0 Å². The number of halogens is 1. The standard InChI is InChI=1S/C15H19FN4O3/c1-3-4-7-22-9-13-14(20-23-19-13)15(18-21)17-11-5-6-12(16)10(2)8-11/h5-6,8,21H,3-4,7,9H2,1-2H3,(H,17,18). The Morgan fingerprint density at radius 1 is 1.43 bits per heavy atom. The van der Waals surface area contributed by atoms with Gasteiger partial charge in [0.1, 0.15) is 11.5 Å². The van der Waals surface area contributed by atoms with E-state index in [9.17, 15) is 9.60 Å². The molecule has 1 aromatic carbocycles. The summed E-state index contributed by atoms with van der Waals surface area (Å²) >= 11 is 0. The van der Waals surface area contributed by atoms with Crippen molar-refractivity contribution in [3.8, 4) is 0 Å². The fourth-order valence-electron chi connectivity index (χ4n) is 1.85. The summed E-state index contributed by atoms with van der Waals surface area (Å²) in [6, 6.07) is 4.35. The van der Waals surface area contributed by atoms with Crippen molar-refractivity contribution in [2.45, 2.75) is 33.3 Å². The lowest BCUT2D eigenvalue weighted by Crippen LogP contribution is -2.22.